The summed E-state index contributed by atoms with van der Waals surface area (Å²) in [5.41, 5.74) is 2.08. The van der Waals surface area contributed by atoms with Crippen LogP contribution in [0, 0.1) is 6.92 Å². The van der Waals surface area contributed by atoms with Crippen molar-refractivity contribution < 1.29 is 32.6 Å². The predicted octanol–water partition coefficient (Wildman–Crippen LogP) is 4.41. The molecule has 0 radical (unpaired) electrons. The van der Waals surface area contributed by atoms with Gasteiger partial charge >= 0.3 is 6.29 Å². The lowest BCUT2D eigenvalue weighted by Gasteiger charge is -2.17. The predicted molar refractivity (Wildman–Crippen MR) is 125 cm³/mol. The van der Waals surface area contributed by atoms with Crippen LogP contribution in [-0.4, -0.2) is 35.2 Å². The van der Waals surface area contributed by atoms with Gasteiger partial charge in [0.25, 0.3) is 0 Å². The second-order valence-electron chi connectivity index (χ2n) is 8.69. The van der Waals surface area contributed by atoms with Crippen LogP contribution < -0.4 is 24.8 Å². The van der Waals surface area contributed by atoms with E-state index in [1.54, 1.807) is 24.4 Å². The first-order valence-corrected chi connectivity index (χ1v) is 11.1. The fourth-order valence-electron chi connectivity index (χ4n) is 4.17. The Morgan fingerprint density at radius 2 is 1.81 bits per heavy atom. The molecule has 1 aliphatic heterocycles. The molecule has 2 amide bonds. The Kier molecular flexibility index (Phi) is 5.50. The van der Waals surface area contributed by atoms with Gasteiger partial charge < -0.3 is 24.8 Å². The summed E-state index contributed by atoms with van der Waals surface area (Å²) in [6.07, 6.45) is -1.06. The van der Waals surface area contributed by atoms with E-state index in [-0.39, 0.29) is 29.2 Å². The van der Waals surface area contributed by atoms with Crippen molar-refractivity contribution in [3.05, 3.63) is 53.7 Å². The molecule has 186 valence electrons. The van der Waals surface area contributed by atoms with Gasteiger partial charge in [-0.05, 0) is 55.2 Å². The number of carbonyl (C=O) groups is 2. The van der Waals surface area contributed by atoms with Crippen LogP contribution in [0.25, 0.3) is 11.3 Å². The van der Waals surface area contributed by atoms with E-state index < -0.39 is 11.7 Å². The Morgan fingerprint density at radius 3 is 2.50 bits per heavy atom. The van der Waals surface area contributed by atoms with E-state index in [4.69, 9.17) is 4.74 Å². The maximum Gasteiger partial charge on any atom is 0.586 e. The van der Waals surface area contributed by atoms with Crippen molar-refractivity contribution in [1.82, 2.24) is 9.97 Å². The van der Waals surface area contributed by atoms with Gasteiger partial charge in [0, 0.05) is 18.7 Å². The van der Waals surface area contributed by atoms with Crippen LogP contribution in [0.3, 0.4) is 0 Å². The van der Waals surface area contributed by atoms with Gasteiger partial charge in [-0.2, -0.15) is 0 Å². The minimum atomic E-state index is -3.72. The van der Waals surface area contributed by atoms with Crippen molar-refractivity contribution >= 4 is 23.3 Å². The number of alkyl halides is 2. The molecule has 2 aliphatic rings. The molecular weight excluding hydrogens is 474 g/mol. The molecule has 0 unspecified atom stereocenters. The van der Waals surface area contributed by atoms with Crippen molar-refractivity contribution in [2.24, 2.45) is 0 Å². The summed E-state index contributed by atoms with van der Waals surface area (Å²) in [7, 11) is 1.45. The number of nitrogens with one attached hydrogen (secondary N) is 2. The number of nitrogens with zero attached hydrogens (tertiary/aromatic N) is 2. The summed E-state index contributed by atoms with van der Waals surface area (Å²) in [4.78, 5) is 33.7. The summed E-state index contributed by atoms with van der Waals surface area (Å²) in [6.45, 7) is 3.24. The molecule has 9 nitrogen and oxygen atoms in total. The summed E-state index contributed by atoms with van der Waals surface area (Å²) >= 11 is 0. The van der Waals surface area contributed by atoms with E-state index in [1.165, 1.54) is 26.2 Å². The highest BCUT2D eigenvalue weighted by Gasteiger charge is 2.53. The van der Waals surface area contributed by atoms with E-state index in [2.05, 4.69) is 30.1 Å². The molecule has 3 heterocycles. The first kappa shape index (κ1) is 23.5. The molecule has 1 fully saturated rings. The van der Waals surface area contributed by atoms with Crippen LogP contribution in [0.1, 0.15) is 30.9 Å². The molecule has 1 aliphatic carbocycles. The number of carbonyl (C=O) groups excluding carboxylic acids is 2. The molecule has 0 atom stereocenters. The average Bonchev–Trinajstić information content (AvgIpc) is 3.57. The number of methoxy groups -OCH3 is 1. The first-order chi connectivity index (χ1) is 17.1. The van der Waals surface area contributed by atoms with Gasteiger partial charge in [0.1, 0.15) is 11.5 Å². The molecule has 0 bridgehead atoms. The van der Waals surface area contributed by atoms with Crippen LogP contribution in [0.4, 0.5) is 20.3 Å². The Hall–Kier alpha value is -4.28. The number of benzene rings is 1. The lowest BCUT2D eigenvalue weighted by Crippen LogP contribution is -2.28. The molecule has 1 aromatic carbocycles. The third-order valence-corrected chi connectivity index (χ3v) is 6.11. The van der Waals surface area contributed by atoms with Crippen LogP contribution in [-0.2, 0) is 15.0 Å². The zero-order valence-electron chi connectivity index (χ0n) is 19.6. The van der Waals surface area contributed by atoms with Crippen LogP contribution in [0.2, 0.25) is 0 Å². The van der Waals surface area contributed by atoms with E-state index in [0.29, 0.717) is 41.2 Å². The number of ether oxygens (including phenoxy) is 3. The van der Waals surface area contributed by atoms with Gasteiger partial charge in [-0.25, -0.2) is 9.97 Å². The number of hydrogen-bond acceptors (Lipinski definition) is 7. The SMILES string of the molecule is COc1ncc(-c2nc(NC(=O)C3(c4ccc5c(c4)OC(F)(F)O5)CC3)ccc2C)cc1NC(C)=O. The lowest BCUT2D eigenvalue weighted by atomic mass is 9.94. The van der Waals surface area contributed by atoms with Gasteiger partial charge in [0.05, 0.1) is 18.2 Å². The molecule has 2 aromatic heterocycles. The largest absolute Gasteiger partial charge is 0.586 e. The third kappa shape index (κ3) is 4.28. The number of fused-ring (bicyclic) bond motifs is 1. The van der Waals surface area contributed by atoms with Gasteiger partial charge in [0.15, 0.2) is 11.5 Å². The number of hydrogen-bond donors (Lipinski definition) is 2. The summed E-state index contributed by atoms with van der Waals surface area (Å²) in [5.74, 6) is -0.183. The Bertz CT molecular complexity index is 1390. The smallest absolute Gasteiger partial charge is 0.480 e. The van der Waals surface area contributed by atoms with Crippen molar-refractivity contribution in [1.29, 1.82) is 0 Å². The molecule has 2 N–H and O–H groups in total. The highest BCUT2D eigenvalue weighted by Crippen LogP contribution is 2.52. The zero-order chi connectivity index (χ0) is 25.7. The van der Waals surface area contributed by atoms with Gasteiger partial charge in [0.2, 0.25) is 17.7 Å². The van der Waals surface area contributed by atoms with Gasteiger partial charge in [-0.1, -0.05) is 12.1 Å². The number of halogens is 2. The molecule has 36 heavy (non-hydrogen) atoms. The molecular formula is C25H22F2N4O5. The second-order valence-corrected chi connectivity index (χ2v) is 8.69. The molecule has 5 rings (SSSR count). The normalized spacial score (nSPS) is 16.2. The molecule has 0 saturated heterocycles. The fourth-order valence-corrected chi connectivity index (χ4v) is 4.17. The van der Waals surface area contributed by atoms with Gasteiger partial charge in [-0.3, -0.25) is 9.59 Å². The average molecular weight is 496 g/mol. The quantitative estimate of drug-likeness (QED) is 0.520. The summed E-state index contributed by atoms with van der Waals surface area (Å²) in [6, 6.07) is 9.57. The van der Waals surface area contributed by atoms with Crippen LogP contribution in [0.15, 0.2) is 42.6 Å². The first-order valence-electron chi connectivity index (χ1n) is 11.1. The maximum absolute atomic E-state index is 13.4. The highest BCUT2D eigenvalue weighted by molar-refractivity contribution is 6.01. The van der Waals surface area contributed by atoms with Crippen molar-refractivity contribution in [3.63, 3.8) is 0 Å². The topological polar surface area (TPSA) is 112 Å². The van der Waals surface area contributed by atoms with E-state index >= 15 is 0 Å². The summed E-state index contributed by atoms with van der Waals surface area (Å²) < 4.78 is 41.0. The Morgan fingerprint density at radius 1 is 1.06 bits per heavy atom. The van der Waals surface area contributed by atoms with Crippen LogP contribution >= 0.6 is 0 Å². The minimum Gasteiger partial charge on any atom is -0.480 e. The number of aromatic nitrogens is 2. The standard InChI is InChI=1S/C25H22F2N4O5/c1-13-4-7-20(30-21(13)15-10-17(29-14(2)32)22(34-3)28-12-15)31-23(33)24(8-9-24)16-5-6-18-19(11-16)36-25(26,27)35-18/h4-7,10-12H,8-9H2,1-3H3,(H,29,32)(H,30,31,33). The minimum absolute atomic E-state index is 0.0727. The zero-order valence-corrected chi connectivity index (χ0v) is 19.6. The molecule has 3 aromatic rings. The maximum atomic E-state index is 13.4. The lowest BCUT2D eigenvalue weighted by molar-refractivity contribution is -0.286. The van der Waals surface area contributed by atoms with Gasteiger partial charge in [-0.15, -0.1) is 8.78 Å². The monoisotopic (exact) mass is 496 g/mol. The third-order valence-electron chi connectivity index (χ3n) is 6.11. The number of pyridine rings is 2. The van der Waals surface area contributed by atoms with E-state index in [1.807, 2.05) is 13.0 Å². The van der Waals surface area contributed by atoms with Crippen molar-refractivity contribution in [2.75, 3.05) is 17.7 Å². The number of amides is 2. The summed E-state index contributed by atoms with van der Waals surface area (Å²) in [5, 5.41) is 5.53. The number of rotatable bonds is 6. The van der Waals surface area contributed by atoms with E-state index in [9.17, 15) is 18.4 Å². The highest BCUT2D eigenvalue weighted by atomic mass is 19.3. The van der Waals surface area contributed by atoms with Crippen molar-refractivity contribution in [2.45, 2.75) is 38.4 Å². The molecule has 1 saturated carbocycles. The number of anilines is 2. The fraction of sp³-hybridized carbons (Fsp3) is 0.280. The van der Waals surface area contributed by atoms with Crippen LogP contribution in [0.5, 0.6) is 17.4 Å². The van der Waals surface area contributed by atoms with Crippen molar-refractivity contribution in [3.8, 4) is 28.6 Å². The Balaban J connectivity index is 1.40. The van der Waals surface area contributed by atoms with E-state index in [0.717, 1.165) is 5.56 Å². The Labute approximate surface area is 204 Å². The number of aryl methyl sites for hydroxylation is 1. The molecule has 0 spiro atoms. The second kappa shape index (κ2) is 8.43. The molecule has 11 heteroatoms.